The van der Waals surface area contributed by atoms with Gasteiger partial charge in [-0.05, 0) is 19.3 Å². The van der Waals surface area contributed by atoms with E-state index in [1.54, 1.807) is 0 Å². The Morgan fingerprint density at radius 2 is 1.55 bits per heavy atom. The Hall–Kier alpha value is -2.62. The van der Waals surface area contributed by atoms with Crippen LogP contribution in [0.25, 0.3) is 0 Å². The van der Waals surface area contributed by atoms with Crippen LogP contribution in [0.4, 0.5) is 10.6 Å². The van der Waals surface area contributed by atoms with E-state index in [2.05, 4.69) is 0 Å². The second-order valence-electron chi connectivity index (χ2n) is 7.72. The smallest absolute Gasteiger partial charge is 0.332 e. The first kappa shape index (κ1) is 21.1. The number of nitrogens with two attached hydrogens (primary N) is 1. The van der Waals surface area contributed by atoms with Crippen LogP contribution in [-0.4, -0.2) is 81.5 Å². The fourth-order valence-electron chi connectivity index (χ4n) is 3.97. The highest BCUT2D eigenvalue weighted by Crippen LogP contribution is 2.13. The molecule has 0 spiro atoms. The maximum Gasteiger partial charge on any atom is 0.332 e. The Balaban J connectivity index is 1.68. The van der Waals surface area contributed by atoms with Crippen LogP contribution < -0.4 is 17.0 Å². The predicted octanol–water partition coefficient (Wildman–Crippen LogP) is -0.445. The highest BCUT2D eigenvalue weighted by atomic mass is 16.2. The quantitative estimate of drug-likeness (QED) is 0.663. The van der Waals surface area contributed by atoms with Gasteiger partial charge in [-0.15, -0.1) is 0 Å². The molecule has 0 bridgehead atoms. The Morgan fingerprint density at radius 3 is 2.14 bits per heavy atom. The zero-order valence-electron chi connectivity index (χ0n) is 17.2. The van der Waals surface area contributed by atoms with Crippen LogP contribution in [0, 0.1) is 0 Å². The molecule has 0 saturated carbocycles. The maximum atomic E-state index is 12.9. The first-order valence-electron chi connectivity index (χ1n) is 10.2. The summed E-state index contributed by atoms with van der Waals surface area (Å²) >= 11 is 0. The molecular weight excluding hydrogens is 376 g/mol. The monoisotopic (exact) mass is 406 g/mol. The highest BCUT2D eigenvalue weighted by molar-refractivity contribution is 6.01. The van der Waals surface area contributed by atoms with Gasteiger partial charge in [0.1, 0.15) is 11.4 Å². The molecule has 1 aromatic heterocycles. The molecule has 3 heterocycles. The maximum absolute atomic E-state index is 12.9. The predicted molar refractivity (Wildman–Crippen MR) is 109 cm³/mol. The molecule has 160 valence electrons. The van der Waals surface area contributed by atoms with Crippen LogP contribution in [0.2, 0.25) is 0 Å². The molecule has 10 nitrogen and oxygen atoms in total. The van der Waals surface area contributed by atoms with Gasteiger partial charge >= 0.3 is 11.7 Å². The standard InChI is InChI=1S/C19H30N6O4/c1-3-6-25-16(20)15(17(27)21(2)18(25)28)14(26)13-22-9-11-24(12-10-22)19(29)23-7-4-5-8-23/h3-13,20H2,1-2H3. The number of carbonyl (C=O) groups is 2. The zero-order chi connectivity index (χ0) is 21.1. The molecule has 29 heavy (non-hydrogen) atoms. The largest absolute Gasteiger partial charge is 0.384 e. The van der Waals surface area contributed by atoms with Crippen molar-refractivity contribution in [3.8, 4) is 0 Å². The van der Waals surface area contributed by atoms with Crippen LogP contribution in [-0.2, 0) is 13.6 Å². The summed E-state index contributed by atoms with van der Waals surface area (Å²) in [5, 5.41) is 0. The van der Waals surface area contributed by atoms with Crippen molar-refractivity contribution in [1.29, 1.82) is 0 Å². The normalized spacial score (nSPS) is 17.7. The van der Waals surface area contributed by atoms with Gasteiger partial charge in [0, 0.05) is 52.9 Å². The van der Waals surface area contributed by atoms with Crippen molar-refractivity contribution in [2.24, 2.45) is 7.05 Å². The van der Waals surface area contributed by atoms with E-state index in [9.17, 15) is 19.2 Å². The number of hydrogen-bond donors (Lipinski definition) is 1. The van der Waals surface area contributed by atoms with Gasteiger partial charge in [0.05, 0.1) is 6.54 Å². The summed E-state index contributed by atoms with van der Waals surface area (Å²) in [4.78, 5) is 55.7. The first-order chi connectivity index (χ1) is 13.8. The summed E-state index contributed by atoms with van der Waals surface area (Å²) in [5.41, 5.74) is 4.73. The molecule has 2 saturated heterocycles. The molecule has 0 radical (unpaired) electrons. The summed E-state index contributed by atoms with van der Waals surface area (Å²) in [7, 11) is 1.36. The van der Waals surface area contributed by atoms with Crippen molar-refractivity contribution < 1.29 is 9.59 Å². The Kier molecular flexibility index (Phi) is 6.41. The highest BCUT2D eigenvalue weighted by Gasteiger charge is 2.29. The average Bonchev–Trinajstić information content (AvgIpc) is 3.24. The minimum absolute atomic E-state index is 0.0372. The molecule has 3 rings (SSSR count). The van der Waals surface area contributed by atoms with E-state index < -0.39 is 17.0 Å². The van der Waals surface area contributed by atoms with E-state index in [-0.39, 0.29) is 24.0 Å². The Bertz CT molecular complexity index is 891. The minimum Gasteiger partial charge on any atom is -0.384 e. The van der Waals surface area contributed by atoms with Gasteiger partial charge in [0.2, 0.25) is 0 Å². The van der Waals surface area contributed by atoms with E-state index in [1.165, 1.54) is 11.6 Å². The number of amides is 2. The molecule has 0 aromatic carbocycles. The van der Waals surface area contributed by atoms with Crippen LogP contribution in [0.5, 0.6) is 0 Å². The summed E-state index contributed by atoms with van der Waals surface area (Å²) in [6, 6.07) is 0.0678. The van der Waals surface area contributed by atoms with Gasteiger partial charge < -0.3 is 15.5 Å². The van der Waals surface area contributed by atoms with E-state index in [0.29, 0.717) is 39.1 Å². The third-order valence-corrected chi connectivity index (χ3v) is 5.70. The number of carbonyl (C=O) groups excluding carboxylic acids is 2. The van der Waals surface area contributed by atoms with Crippen LogP contribution in [0.1, 0.15) is 36.5 Å². The number of rotatable bonds is 5. The number of ketones is 1. The summed E-state index contributed by atoms with van der Waals surface area (Å²) < 4.78 is 2.22. The Morgan fingerprint density at radius 1 is 0.966 bits per heavy atom. The van der Waals surface area contributed by atoms with Crippen LogP contribution >= 0.6 is 0 Å². The van der Waals surface area contributed by atoms with Gasteiger partial charge in [-0.1, -0.05) is 6.92 Å². The van der Waals surface area contributed by atoms with Crippen molar-refractivity contribution >= 4 is 17.6 Å². The SMILES string of the molecule is CCCn1c(N)c(C(=O)CN2CCN(C(=O)N3CCCC3)CC2)c(=O)n(C)c1=O. The number of urea groups is 1. The number of nitrogen functional groups attached to an aromatic ring is 1. The van der Waals surface area contributed by atoms with Crippen molar-refractivity contribution in [3.63, 3.8) is 0 Å². The van der Waals surface area contributed by atoms with Crippen LogP contribution in [0.3, 0.4) is 0 Å². The van der Waals surface area contributed by atoms with Crippen molar-refractivity contribution in [3.05, 3.63) is 26.4 Å². The lowest BCUT2D eigenvalue weighted by atomic mass is 10.1. The number of aromatic nitrogens is 2. The molecule has 2 fully saturated rings. The molecule has 0 atom stereocenters. The van der Waals surface area contributed by atoms with Gasteiger partial charge in [0.15, 0.2) is 5.78 Å². The number of Topliss-reactive ketones (excluding diaryl/α,β-unsaturated/α-hetero) is 1. The summed E-state index contributed by atoms with van der Waals surface area (Å²) in [6.45, 7) is 6.10. The number of hydrogen-bond acceptors (Lipinski definition) is 6. The molecule has 10 heteroatoms. The van der Waals surface area contributed by atoms with E-state index >= 15 is 0 Å². The van der Waals surface area contributed by atoms with Gasteiger partial charge in [-0.2, -0.15) is 0 Å². The number of anilines is 1. The van der Waals surface area contributed by atoms with Gasteiger partial charge in [0.25, 0.3) is 5.56 Å². The van der Waals surface area contributed by atoms with E-state index in [0.717, 1.165) is 30.5 Å². The fraction of sp³-hybridized carbons (Fsp3) is 0.684. The number of likely N-dealkylation sites (tertiary alicyclic amines) is 1. The molecule has 2 aliphatic rings. The molecular formula is C19H30N6O4. The van der Waals surface area contributed by atoms with E-state index in [4.69, 9.17) is 5.73 Å². The topological polar surface area (TPSA) is 114 Å². The summed E-state index contributed by atoms with van der Waals surface area (Å²) in [5.74, 6) is -0.458. The molecule has 1 aromatic rings. The lowest BCUT2D eigenvalue weighted by Gasteiger charge is -2.36. The second-order valence-corrected chi connectivity index (χ2v) is 7.72. The fourth-order valence-corrected chi connectivity index (χ4v) is 3.97. The Labute approximate surface area is 169 Å². The third-order valence-electron chi connectivity index (χ3n) is 5.70. The number of nitrogens with zero attached hydrogens (tertiary/aromatic N) is 5. The summed E-state index contributed by atoms with van der Waals surface area (Å²) in [6.07, 6.45) is 2.76. The zero-order valence-corrected chi connectivity index (χ0v) is 17.2. The molecule has 2 amide bonds. The molecule has 0 aliphatic carbocycles. The van der Waals surface area contributed by atoms with Crippen LogP contribution in [0.15, 0.2) is 9.59 Å². The first-order valence-corrected chi connectivity index (χ1v) is 10.2. The molecule has 0 unspecified atom stereocenters. The van der Waals surface area contributed by atoms with E-state index in [1.807, 2.05) is 21.6 Å². The lowest BCUT2D eigenvalue weighted by molar-refractivity contribution is 0.0855. The van der Waals surface area contributed by atoms with Crippen molar-refractivity contribution in [2.45, 2.75) is 32.7 Å². The van der Waals surface area contributed by atoms with Gasteiger partial charge in [-0.25, -0.2) is 9.59 Å². The second kappa shape index (κ2) is 8.81. The molecule has 2 aliphatic heterocycles. The molecule has 2 N–H and O–H groups in total. The minimum atomic E-state index is -0.660. The van der Waals surface area contributed by atoms with Crippen molar-refractivity contribution in [2.75, 3.05) is 51.5 Å². The third kappa shape index (κ3) is 4.21. The number of piperazine rings is 1. The van der Waals surface area contributed by atoms with Crippen molar-refractivity contribution in [1.82, 2.24) is 23.8 Å². The lowest BCUT2D eigenvalue weighted by Crippen LogP contribution is -2.53. The van der Waals surface area contributed by atoms with Gasteiger partial charge in [-0.3, -0.25) is 23.6 Å². The average molecular weight is 406 g/mol.